The number of aromatic carboxylic acids is 1. The molecule has 0 unspecified atom stereocenters. The van der Waals surface area contributed by atoms with Gasteiger partial charge in [0.05, 0.1) is 28.8 Å². The Morgan fingerprint density at radius 1 is 1.23 bits per heavy atom. The van der Waals surface area contributed by atoms with Crippen molar-refractivity contribution in [1.29, 1.82) is 5.26 Å². The number of carbonyl (C=O) groups is 1. The van der Waals surface area contributed by atoms with E-state index in [4.69, 9.17) is 5.11 Å². The predicted octanol–water partition coefficient (Wildman–Crippen LogP) is 4.42. The number of halogens is 4. The maximum atomic E-state index is 14.3. The van der Waals surface area contributed by atoms with Gasteiger partial charge in [0.25, 0.3) is 0 Å². The quantitative estimate of drug-likeness (QED) is 0.702. The monoisotopic (exact) mass is 362 g/mol. The zero-order valence-corrected chi connectivity index (χ0v) is 13.0. The van der Waals surface area contributed by atoms with Crippen LogP contribution in [0.4, 0.5) is 17.6 Å². The van der Waals surface area contributed by atoms with E-state index in [1.165, 1.54) is 29.0 Å². The van der Waals surface area contributed by atoms with Crippen molar-refractivity contribution in [3.8, 4) is 6.07 Å². The molecule has 0 fully saturated rings. The highest BCUT2D eigenvalue weighted by atomic mass is 19.4. The smallest absolute Gasteiger partial charge is 0.416 e. The number of nitriles is 1. The lowest BCUT2D eigenvalue weighted by Crippen LogP contribution is -2.08. The molecule has 132 valence electrons. The van der Waals surface area contributed by atoms with Gasteiger partial charge in [0.1, 0.15) is 11.9 Å². The highest BCUT2D eigenvalue weighted by molar-refractivity contribution is 5.88. The van der Waals surface area contributed by atoms with Crippen LogP contribution in [0.25, 0.3) is 10.9 Å². The number of hydrogen-bond donors (Lipinski definition) is 1. The van der Waals surface area contributed by atoms with E-state index < -0.39 is 29.1 Å². The minimum atomic E-state index is -4.59. The molecule has 3 rings (SSSR count). The molecule has 4 nitrogen and oxygen atoms in total. The first-order valence-electron chi connectivity index (χ1n) is 7.33. The van der Waals surface area contributed by atoms with E-state index in [-0.39, 0.29) is 28.6 Å². The minimum absolute atomic E-state index is 0.0474. The number of rotatable bonds is 3. The fourth-order valence-electron chi connectivity index (χ4n) is 2.78. The third-order valence-corrected chi connectivity index (χ3v) is 3.96. The Morgan fingerprint density at radius 2 is 1.96 bits per heavy atom. The van der Waals surface area contributed by atoms with Gasteiger partial charge in [-0.2, -0.15) is 18.4 Å². The summed E-state index contributed by atoms with van der Waals surface area (Å²) in [5.41, 5.74) is -1.38. The van der Waals surface area contributed by atoms with Gasteiger partial charge in [-0.1, -0.05) is 12.1 Å². The molecule has 3 aromatic rings. The molecule has 0 bridgehead atoms. The molecule has 0 saturated heterocycles. The van der Waals surface area contributed by atoms with Gasteiger partial charge < -0.3 is 9.67 Å². The molecule has 0 aliphatic carbocycles. The minimum Gasteiger partial charge on any atom is -0.478 e. The van der Waals surface area contributed by atoms with Crippen LogP contribution in [0, 0.1) is 17.1 Å². The van der Waals surface area contributed by atoms with Crippen molar-refractivity contribution in [2.75, 3.05) is 0 Å². The van der Waals surface area contributed by atoms with E-state index in [0.29, 0.717) is 0 Å². The second kappa shape index (κ2) is 6.19. The van der Waals surface area contributed by atoms with Crippen LogP contribution in [0.2, 0.25) is 0 Å². The molecule has 0 aliphatic heterocycles. The highest BCUT2D eigenvalue weighted by Gasteiger charge is 2.31. The van der Waals surface area contributed by atoms with Gasteiger partial charge in [-0.05, 0) is 24.3 Å². The van der Waals surface area contributed by atoms with Gasteiger partial charge in [0.2, 0.25) is 0 Å². The van der Waals surface area contributed by atoms with Gasteiger partial charge in [-0.25, -0.2) is 9.18 Å². The summed E-state index contributed by atoms with van der Waals surface area (Å²) in [6.45, 7) is -0.128. The summed E-state index contributed by atoms with van der Waals surface area (Å²) in [5, 5.41) is 18.4. The van der Waals surface area contributed by atoms with Crippen LogP contribution in [0.1, 0.15) is 27.0 Å². The largest absolute Gasteiger partial charge is 0.478 e. The zero-order chi connectivity index (χ0) is 19.1. The molecule has 2 aromatic carbocycles. The average molecular weight is 362 g/mol. The predicted molar refractivity (Wildman–Crippen MR) is 84.1 cm³/mol. The van der Waals surface area contributed by atoms with E-state index in [2.05, 4.69) is 0 Å². The fourth-order valence-corrected chi connectivity index (χ4v) is 2.78. The summed E-state index contributed by atoms with van der Waals surface area (Å²) < 4.78 is 54.5. The molecule has 1 aromatic heterocycles. The molecule has 0 aliphatic rings. The van der Waals surface area contributed by atoms with Crippen molar-refractivity contribution in [3.05, 3.63) is 70.7 Å². The Hall–Kier alpha value is -3.34. The number of nitrogens with zero attached hydrogens (tertiary/aromatic N) is 2. The lowest BCUT2D eigenvalue weighted by atomic mass is 10.1. The topological polar surface area (TPSA) is 66.0 Å². The van der Waals surface area contributed by atoms with Crippen LogP contribution in [0.3, 0.4) is 0 Å². The molecule has 0 radical (unpaired) electrons. The fraction of sp³-hybridized carbons (Fsp3) is 0.111. The van der Waals surface area contributed by atoms with Crippen LogP contribution < -0.4 is 0 Å². The Labute approximate surface area is 144 Å². The number of fused-ring (bicyclic) bond motifs is 1. The number of carboxylic acid groups (broad SMARTS) is 1. The number of alkyl halides is 3. The summed E-state index contributed by atoms with van der Waals surface area (Å²) in [6.07, 6.45) is -3.16. The number of benzene rings is 2. The molecule has 0 saturated carbocycles. The first-order chi connectivity index (χ1) is 12.2. The summed E-state index contributed by atoms with van der Waals surface area (Å²) in [7, 11) is 0. The Morgan fingerprint density at radius 3 is 2.58 bits per heavy atom. The third kappa shape index (κ3) is 2.99. The van der Waals surface area contributed by atoms with Crippen molar-refractivity contribution in [3.63, 3.8) is 0 Å². The molecule has 26 heavy (non-hydrogen) atoms. The van der Waals surface area contributed by atoms with Gasteiger partial charge in [0.15, 0.2) is 0 Å². The maximum Gasteiger partial charge on any atom is 0.416 e. The summed E-state index contributed by atoms with van der Waals surface area (Å²) in [6, 6.07) is 8.65. The number of carboxylic acids is 1. The number of hydrogen-bond acceptors (Lipinski definition) is 2. The molecular weight excluding hydrogens is 352 g/mol. The molecular formula is C18H10F4N2O2. The SMILES string of the molecule is N#Cc1cc(C(F)(F)F)cc2ccn(Cc3cccc(C(=O)O)c3F)c12. The van der Waals surface area contributed by atoms with Crippen molar-refractivity contribution in [1.82, 2.24) is 4.57 Å². The lowest BCUT2D eigenvalue weighted by molar-refractivity contribution is -0.137. The van der Waals surface area contributed by atoms with E-state index in [0.717, 1.165) is 18.2 Å². The van der Waals surface area contributed by atoms with Crippen molar-refractivity contribution in [2.45, 2.75) is 12.7 Å². The van der Waals surface area contributed by atoms with Crippen LogP contribution in [-0.4, -0.2) is 15.6 Å². The zero-order valence-electron chi connectivity index (χ0n) is 13.0. The average Bonchev–Trinajstić information content (AvgIpc) is 2.98. The van der Waals surface area contributed by atoms with Crippen molar-refractivity contribution >= 4 is 16.9 Å². The highest BCUT2D eigenvalue weighted by Crippen LogP contribution is 2.34. The Balaban J connectivity index is 2.12. The van der Waals surface area contributed by atoms with Crippen LogP contribution in [0.15, 0.2) is 42.6 Å². The van der Waals surface area contributed by atoms with Gasteiger partial charge in [-0.3, -0.25) is 0 Å². The van der Waals surface area contributed by atoms with E-state index in [1.54, 1.807) is 6.07 Å². The Kier molecular flexibility index (Phi) is 4.16. The molecule has 1 heterocycles. The van der Waals surface area contributed by atoms with Gasteiger partial charge in [0, 0.05) is 17.1 Å². The number of aromatic nitrogens is 1. The van der Waals surface area contributed by atoms with Crippen LogP contribution in [0.5, 0.6) is 0 Å². The molecule has 0 spiro atoms. The van der Waals surface area contributed by atoms with Gasteiger partial charge >= 0.3 is 12.1 Å². The van der Waals surface area contributed by atoms with Crippen LogP contribution >= 0.6 is 0 Å². The van der Waals surface area contributed by atoms with Crippen LogP contribution in [-0.2, 0) is 12.7 Å². The first kappa shape index (κ1) is 17.5. The molecule has 8 heteroatoms. The second-order valence-electron chi connectivity index (χ2n) is 5.60. The third-order valence-electron chi connectivity index (χ3n) is 3.96. The summed E-state index contributed by atoms with van der Waals surface area (Å²) in [5.74, 6) is -2.35. The lowest BCUT2D eigenvalue weighted by Gasteiger charge is -2.11. The normalized spacial score (nSPS) is 11.5. The van der Waals surface area contributed by atoms with Crippen molar-refractivity contribution < 1.29 is 27.5 Å². The van der Waals surface area contributed by atoms with E-state index >= 15 is 0 Å². The molecule has 1 N–H and O–H groups in total. The van der Waals surface area contributed by atoms with E-state index in [1.807, 2.05) is 0 Å². The molecule has 0 atom stereocenters. The first-order valence-corrected chi connectivity index (χ1v) is 7.33. The molecule has 0 amide bonds. The summed E-state index contributed by atoms with van der Waals surface area (Å²) in [4.78, 5) is 11.0. The summed E-state index contributed by atoms with van der Waals surface area (Å²) >= 11 is 0. The maximum absolute atomic E-state index is 14.3. The van der Waals surface area contributed by atoms with E-state index in [9.17, 15) is 27.6 Å². The van der Waals surface area contributed by atoms with Gasteiger partial charge in [-0.15, -0.1) is 0 Å². The second-order valence-corrected chi connectivity index (χ2v) is 5.60. The standard InChI is InChI=1S/C18H10F4N2O2/c19-15-11(2-1-3-14(15)17(25)26)9-24-5-4-10-6-13(18(20,21)22)7-12(8-23)16(10)24/h1-7H,9H2,(H,25,26). The van der Waals surface area contributed by atoms with Crippen molar-refractivity contribution in [2.24, 2.45) is 0 Å². The Bertz CT molecular complexity index is 1060.